The molecular formula is C42H37N. The van der Waals surface area contributed by atoms with E-state index < -0.39 is 0 Å². The van der Waals surface area contributed by atoms with Crippen molar-refractivity contribution < 1.29 is 0 Å². The van der Waals surface area contributed by atoms with Crippen LogP contribution in [0, 0.1) is 11.8 Å². The molecule has 210 valence electrons. The van der Waals surface area contributed by atoms with Crippen LogP contribution in [-0.2, 0) is 0 Å². The second-order valence-corrected chi connectivity index (χ2v) is 12.3. The normalized spacial score (nSPS) is 22.0. The van der Waals surface area contributed by atoms with E-state index in [9.17, 15) is 0 Å². The first kappa shape index (κ1) is 26.0. The highest BCUT2D eigenvalue weighted by Gasteiger charge is 2.33. The van der Waals surface area contributed by atoms with Crippen LogP contribution in [0.2, 0.25) is 0 Å². The SMILES string of the molecule is CC1=CCNC(c2ccc(C3=c4ccccc4=C(C4=c5cccc(C6=CC=CCC6)c5=CCC4)C4C=CC=CC34)cc2)=C1. The summed E-state index contributed by atoms with van der Waals surface area (Å²) < 4.78 is 0. The second-order valence-electron chi connectivity index (χ2n) is 12.3. The first-order valence-corrected chi connectivity index (χ1v) is 15.9. The van der Waals surface area contributed by atoms with Gasteiger partial charge in [-0.3, -0.25) is 0 Å². The van der Waals surface area contributed by atoms with Crippen molar-refractivity contribution in [1.29, 1.82) is 0 Å². The Bertz CT molecular complexity index is 2070. The van der Waals surface area contributed by atoms with Crippen LogP contribution in [0.1, 0.15) is 49.3 Å². The highest BCUT2D eigenvalue weighted by molar-refractivity contribution is 5.95. The van der Waals surface area contributed by atoms with E-state index in [-0.39, 0.29) is 0 Å². The Hall–Kier alpha value is -4.62. The van der Waals surface area contributed by atoms with Crippen molar-refractivity contribution in [3.63, 3.8) is 0 Å². The molecule has 1 N–H and O–H groups in total. The molecule has 43 heavy (non-hydrogen) atoms. The van der Waals surface area contributed by atoms with E-state index >= 15 is 0 Å². The third-order valence-corrected chi connectivity index (χ3v) is 9.76. The van der Waals surface area contributed by atoms with Gasteiger partial charge in [0.15, 0.2) is 0 Å². The zero-order valence-electron chi connectivity index (χ0n) is 24.8. The lowest BCUT2D eigenvalue weighted by atomic mass is 9.68. The molecule has 0 amide bonds. The van der Waals surface area contributed by atoms with Crippen LogP contribution >= 0.6 is 0 Å². The van der Waals surface area contributed by atoms with E-state index in [0.29, 0.717) is 11.8 Å². The Morgan fingerprint density at radius 3 is 2.19 bits per heavy atom. The average molecular weight is 556 g/mol. The Balaban J connectivity index is 1.37. The third kappa shape index (κ3) is 4.55. The van der Waals surface area contributed by atoms with Gasteiger partial charge in [-0.05, 0) is 98.5 Å². The summed E-state index contributed by atoms with van der Waals surface area (Å²) >= 11 is 0. The van der Waals surface area contributed by atoms with Crippen LogP contribution in [0.25, 0.3) is 34.1 Å². The summed E-state index contributed by atoms with van der Waals surface area (Å²) in [5, 5.41) is 9.18. The van der Waals surface area contributed by atoms with E-state index in [1.54, 1.807) is 0 Å². The van der Waals surface area contributed by atoms with Gasteiger partial charge in [-0.2, -0.15) is 0 Å². The van der Waals surface area contributed by atoms with Crippen LogP contribution < -0.4 is 26.2 Å². The van der Waals surface area contributed by atoms with Gasteiger partial charge in [0.05, 0.1) is 0 Å². The van der Waals surface area contributed by atoms with Gasteiger partial charge in [0, 0.05) is 24.1 Å². The molecule has 8 rings (SSSR count). The van der Waals surface area contributed by atoms with Crippen molar-refractivity contribution in [2.24, 2.45) is 11.8 Å². The average Bonchev–Trinajstić information content (AvgIpc) is 3.07. The predicted octanol–water partition coefficient (Wildman–Crippen LogP) is 6.46. The number of allylic oxidation sites excluding steroid dienone is 10. The molecule has 1 aliphatic heterocycles. The van der Waals surface area contributed by atoms with Crippen molar-refractivity contribution in [2.45, 2.75) is 32.6 Å². The third-order valence-electron chi connectivity index (χ3n) is 9.76. The van der Waals surface area contributed by atoms with Crippen LogP contribution in [0.5, 0.6) is 0 Å². The molecule has 2 unspecified atom stereocenters. The topological polar surface area (TPSA) is 12.0 Å². The van der Waals surface area contributed by atoms with E-state index in [1.165, 1.54) is 71.1 Å². The standard InChI is InChI=1S/C42H37N/c1-28-25-26-43-40(27-28)30-21-23-31(24-22-30)41-36-13-5-7-15-38(36)42(39-16-8-6-14-37(39)41)35-20-10-18-33-32(17-9-19-34(33)35)29-11-3-2-4-12-29/h2-3,5-9,11,13-19,21-25,27,36,38,43H,4,10,12,20,26H2,1H3. The second kappa shape index (κ2) is 10.9. The molecule has 1 nitrogen and oxygen atoms in total. The smallest absolute Gasteiger partial charge is 0.0418 e. The Morgan fingerprint density at radius 1 is 0.674 bits per heavy atom. The lowest BCUT2D eigenvalue weighted by Gasteiger charge is -2.35. The molecule has 0 fully saturated rings. The lowest BCUT2D eigenvalue weighted by Crippen LogP contribution is -2.42. The van der Waals surface area contributed by atoms with Gasteiger partial charge in [0.25, 0.3) is 0 Å². The highest BCUT2D eigenvalue weighted by atomic mass is 14.9. The van der Waals surface area contributed by atoms with E-state index in [4.69, 9.17) is 0 Å². The molecule has 1 heteroatoms. The number of nitrogens with one attached hydrogen (secondary N) is 1. The van der Waals surface area contributed by atoms with E-state index in [2.05, 4.69) is 140 Å². The minimum absolute atomic E-state index is 0.300. The molecule has 4 aliphatic carbocycles. The monoisotopic (exact) mass is 555 g/mol. The summed E-state index contributed by atoms with van der Waals surface area (Å²) in [6.45, 7) is 3.06. The van der Waals surface area contributed by atoms with Crippen molar-refractivity contribution in [2.75, 3.05) is 6.54 Å². The number of hydrogen-bond donors (Lipinski definition) is 1. The van der Waals surface area contributed by atoms with Gasteiger partial charge in [-0.1, -0.05) is 127 Å². The summed E-state index contributed by atoms with van der Waals surface area (Å²) in [4.78, 5) is 0. The number of hydrogen-bond acceptors (Lipinski definition) is 1. The van der Waals surface area contributed by atoms with E-state index in [1.807, 2.05) is 0 Å². The van der Waals surface area contributed by atoms with Crippen molar-refractivity contribution in [1.82, 2.24) is 5.32 Å². The summed E-state index contributed by atoms with van der Waals surface area (Å²) in [5.41, 5.74) is 12.5. The number of rotatable bonds is 4. The first-order chi connectivity index (χ1) is 21.3. The van der Waals surface area contributed by atoms with Crippen molar-refractivity contribution in [3.05, 3.63) is 165 Å². The molecule has 1 heterocycles. The quantitative estimate of drug-likeness (QED) is 0.390. The molecule has 0 aromatic heterocycles. The maximum Gasteiger partial charge on any atom is 0.0418 e. The van der Waals surface area contributed by atoms with Crippen LogP contribution in [0.3, 0.4) is 0 Å². The maximum absolute atomic E-state index is 3.54. The zero-order chi connectivity index (χ0) is 28.8. The highest BCUT2D eigenvalue weighted by Crippen LogP contribution is 2.41. The molecule has 0 saturated heterocycles. The lowest BCUT2D eigenvalue weighted by molar-refractivity contribution is 0.688. The minimum Gasteiger partial charge on any atom is -0.381 e. The molecule has 2 atom stereocenters. The molecule has 0 spiro atoms. The van der Waals surface area contributed by atoms with E-state index in [0.717, 1.165) is 32.2 Å². The Kier molecular flexibility index (Phi) is 6.60. The summed E-state index contributed by atoms with van der Waals surface area (Å²) in [6, 6.07) is 25.4. The Morgan fingerprint density at radius 2 is 1.42 bits per heavy atom. The van der Waals surface area contributed by atoms with Crippen LogP contribution in [0.15, 0.2) is 127 Å². The summed E-state index contributed by atoms with van der Waals surface area (Å²) in [5.74, 6) is 0.612. The van der Waals surface area contributed by atoms with Gasteiger partial charge in [-0.25, -0.2) is 0 Å². The fourth-order valence-electron chi connectivity index (χ4n) is 7.79. The van der Waals surface area contributed by atoms with Crippen LogP contribution in [-0.4, -0.2) is 6.54 Å². The fraction of sp³-hybridized carbons (Fsp3) is 0.190. The molecule has 3 aromatic rings. The molecule has 0 saturated carbocycles. The van der Waals surface area contributed by atoms with Gasteiger partial charge in [0.1, 0.15) is 0 Å². The first-order valence-electron chi connectivity index (χ1n) is 15.9. The number of benzene rings is 3. The molecule has 5 aliphatic rings. The number of dihydropyridines is 1. The molecule has 0 bridgehead atoms. The van der Waals surface area contributed by atoms with Gasteiger partial charge < -0.3 is 5.32 Å². The van der Waals surface area contributed by atoms with Gasteiger partial charge in [-0.15, -0.1) is 0 Å². The largest absolute Gasteiger partial charge is 0.381 e. The zero-order valence-corrected chi connectivity index (χ0v) is 24.8. The van der Waals surface area contributed by atoms with Gasteiger partial charge >= 0.3 is 0 Å². The minimum atomic E-state index is 0.300. The van der Waals surface area contributed by atoms with Crippen LogP contribution in [0.4, 0.5) is 0 Å². The molecule has 3 aromatic carbocycles. The summed E-state index contributed by atoms with van der Waals surface area (Å²) in [7, 11) is 0. The maximum atomic E-state index is 3.54. The summed E-state index contributed by atoms with van der Waals surface area (Å²) in [6.07, 6.45) is 27.6. The van der Waals surface area contributed by atoms with Crippen molar-refractivity contribution >= 4 is 34.1 Å². The fourth-order valence-corrected chi connectivity index (χ4v) is 7.79. The number of fused-ring (bicyclic) bond motifs is 3. The Labute approximate surface area is 254 Å². The predicted molar refractivity (Wildman–Crippen MR) is 182 cm³/mol. The molecule has 0 radical (unpaired) electrons. The molecular weight excluding hydrogens is 518 g/mol. The van der Waals surface area contributed by atoms with Crippen molar-refractivity contribution in [3.8, 4) is 0 Å². The van der Waals surface area contributed by atoms with Gasteiger partial charge in [0.2, 0.25) is 0 Å².